The number of thiol groups is 2. The monoisotopic (exact) mass is 204 g/mol. The highest BCUT2D eigenvalue weighted by atomic mass is 32.1. The van der Waals surface area contributed by atoms with Gasteiger partial charge in [0.2, 0.25) is 0 Å². The molecule has 0 heterocycles. The number of nitrogens with zero attached hydrogens (tertiary/aromatic N) is 2. The van der Waals surface area contributed by atoms with Crippen molar-refractivity contribution in [2.24, 2.45) is 9.98 Å². The summed E-state index contributed by atoms with van der Waals surface area (Å²) in [7, 11) is 0. The molecule has 0 aromatic carbocycles. The summed E-state index contributed by atoms with van der Waals surface area (Å²) in [6, 6.07) is 0.476. The van der Waals surface area contributed by atoms with E-state index in [9.17, 15) is 0 Å². The third kappa shape index (κ3) is 5.66. The highest BCUT2D eigenvalue weighted by molar-refractivity contribution is 8.09. The van der Waals surface area contributed by atoms with Gasteiger partial charge in [-0.3, -0.25) is 9.98 Å². The molecule has 0 amide bonds. The van der Waals surface area contributed by atoms with Crippen LogP contribution in [0.15, 0.2) is 9.98 Å². The van der Waals surface area contributed by atoms with Crippen LogP contribution in [0.3, 0.4) is 0 Å². The Morgan fingerprint density at radius 2 is 1.08 bits per heavy atom. The average Bonchev–Trinajstić information content (AvgIpc) is 1.84. The Kier molecular flexibility index (Phi) is 5.66. The van der Waals surface area contributed by atoms with E-state index in [1.807, 2.05) is 27.7 Å². The van der Waals surface area contributed by atoms with Crippen LogP contribution in [0.2, 0.25) is 0 Å². The van der Waals surface area contributed by atoms with E-state index >= 15 is 0 Å². The van der Waals surface area contributed by atoms with Crippen molar-refractivity contribution >= 4 is 35.3 Å². The number of aliphatic imine (C=N–C) groups is 2. The normalized spacial score (nSPS) is 14.7. The van der Waals surface area contributed by atoms with Gasteiger partial charge in [0.05, 0.1) is 0 Å². The van der Waals surface area contributed by atoms with Gasteiger partial charge in [0.25, 0.3) is 0 Å². The van der Waals surface area contributed by atoms with Crippen LogP contribution in [-0.4, -0.2) is 22.2 Å². The van der Waals surface area contributed by atoms with E-state index < -0.39 is 0 Å². The summed E-state index contributed by atoms with van der Waals surface area (Å²) in [4.78, 5) is 8.41. The van der Waals surface area contributed by atoms with E-state index in [4.69, 9.17) is 0 Å². The van der Waals surface area contributed by atoms with E-state index in [1.165, 1.54) is 0 Å². The first-order valence-corrected chi connectivity index (χ1v) is 4.86. The Bertz CT molecular complexity index is 173. The fourth-order valence-electron chi connectivity index (χ4n) is 0.605. The zero-order valence-corrected chi connectivity index (χ0v) is 9.73. The molecule has 0 atom stereocenters. The molecule has 0 fully saturated rings. The zero-order valence-electron chi connectivity index (χ0n) is 7.94. The van der Waals surface area contributed by atoms with Gasteiger partial charge >= 0.3 is 0 Å². The van der Waals surface area contributed by atoms with E-state index in [-0.39, 0.29) is 12.1 Å². The van der Waals surface area contributed by atoms with Gasteiger partial charge in [-0.2, -0.15) is 0 Å². The molecule has 0 aromatic rings. The van der Waals surface area contributed by atoms with Gasteiger partial charge in [0, 0.05) is 12.1 Å². The van der Waals surface area contributed by atoms with Crippen molar-refractivity contribution in [2.75, 3.05) is 0 Å². The largest absolute Gasteiger partial charge is 0.273 e. The van der Waals surface area contributed by atoms with E-state index in [0.29, 0.717) is 10.1 Å². The molecule has 0 aliphatic rings. The smallest absolute Gasteiger partial charge is 0.119 e. The summed E-state index contributed by atoms with van der Waals surface area (Å²) in [6.45, 7) is 7.97. The lowest BCUT2D eigenvalue weighted by Gasteiger charge is -2.02. The molecule has 0 aromatic heterocycles. The van der Waals surface area contributed by atoms with Crippen molar-refractivity contribution in [3.8, 4) is 0 Å². The minimum absolute atomic E-state index is 0.238. The predicted molar refractivity (Wildman–Crippen MR) is 63.1 cm³/mol. The van der Waals surface area contributed by atoms with Gasteiger partial charge in [-0.1, -0.05) is 0 Å². The van der Waals surface area contributed by atoms with Gasteiger partial charge in [-0.05, 0) is 27.7 Å². The van der Waals surface area contributed by atoms with Crippen LogP contribution >= 0.6 is 25.3 Å². The minimum atomic E-state index is 0.238. The van der Waals surface area contributed by atoms with Crippen molar-refractivity contribution in [2.45, 2.75) is 39.8 Å². The number of hydrogen-bond acceptors (Lipinski definition) is 2. The van der Waals surface area contributed by atoms with Crippen LogP contribution < -0.4 is 0 Å². The molecular formula is C8H16N2S2. The molecule has 0 radical (unpaired) electrons. The topological polar surface area (TPSA) is 24.7 Å². The third-order valence-electron chi connectivity index (χ3n) is 0.961. The summed E-state index contributed by atoms with van der Waals surface area (Å²) in [5.74, 6) is 0. The SMILES string of the molecule is CC(C)/N=C(S)/C(S)=N/C(C)C. The maximum absolute atomic E-state index is 4.20. The second-order valence-corrected chi connectivity index (χ2v) is 3.94. The summed E-state index contributed by atoms with van der Waals surface area (Å²) in [5.41, 5.74) is 0. The van der Waals surface area contributed by atoms with Gasteiger partial charge < -0.3 is 0 Å². The van der Waals surface area contributed by atoms with Crippen LogP contribution in [0.1, 0.15) is 27.7 Å². The summed E-state index contributed by atoms with van der Waals surface area (Å²) >= 11 is 8.36. The molecule has 0 spiro atoms. The highest BCUT2D eigenvalue weighted by Gasteiger charge is 2.00. The number of rotatable bonds is 3. The predicted octanol–water partition coefficient (Wildman–Crippen LogP) is 2.46. The third-order valence-corrected chi connectivity index (χ3v) is 1.79. The molecular weight excluding hydrogens is 188 g/mol. The van der Waals surface area contributed by atoms with Crippen molar-refractivity contribution in [1.82, 2.24) is 0 Å². The first-order chi connectivity index (χ1) is 5.43. The Hall–Kier alpha value is 0.0400. The lowest BCUT2D eigenvalue weighted by atomic mass is 10.4. The van der Waals surface area contributed by atoms with Gasteiger partial charge in [0.1, 0.15) is 10.1 Å². The molecule has 70 valence electrons. The molecule has 4 heteroatoms. The first-order valence-electron chi connectivity index (χ1n) is 3.97. The van der Waals surface area contributed by atoms with Crippen LogP contribution in [0.25, 0.3) is 0 Å². The molecule has 0 unspecified atom stereocenters. The van der Waals surface area contributed by atoms with Crippen molar-refractivity contribution in [1.29, 1.82) is 0 Å². The lowest BCUT2D eigenvalue weighted by molar-refractivity contribution is 0.834. The second kappa shape index (κ2) is 5.65. The lowest BCUT2D eigenvalue weighted by Crippen LogP contribution is -2.06. The Morgan fingerprint density at radius 1 is 0.833 bits per heavy atom. The van der Waals surface area contributed by atoms with Gasteiger partial charge in [0.15, 0.2) is 0 Å². The van der Waals surface area contributed by atoms with E-state index in [2.05, 4.69) is 35.2 Å². The van der Waals surface area contributed by atoms with Crippen LogP contribution in [0, 0.1) is 0 Å². The maximum Gasteiger partial charge on any atom is 0.119 e. The molecule has 12 heavy (non-hydrogen) atoms. The second-order valence-electron chi connectivity index (χ2n) is 3.09. The molecule has 0 rings (SSSR count). The standard InChI is InChI=1S/C8H16N2S2/c1-5(2)9-7(11)8(12)10-6(3)4/h5-6H,1-4H3,(H,9,11)(H,10,12). The van der Waals surface area contributed by atoms with E-state index in [1.54, 1.807) is 0 Å². The van der Waals surface area contributed by atoms with Crippen molar-refractivity contribution in [3.63, 3.8) is 0 Å². The first kappa shape index (κ1) is 12.0. The van der Waals surface area contributed by atoms with Crippen LogP contribution in [0.5, 0.6) is 0 Å². The molecule has 0 bridgehead atoms. The Labute approximate surface area is 85.4 Å². The summed E-state index contributed by atoms with van der Waals surface area (Å²) < 4.78 is 0. The molecule has 0 saturated heterocycles. The molecule has 0 N–H and O–H groups in total. The summed E-state index contributed by atoms with van der Waals surface area (Å²) in [5, 5.41) is 1.23. The van der Waals surface area contributed by atoms with Crippen LogP contribution in [-0.2, 0) is 0 Å². The quantitative estimate of drug-likeness (QED) is 0.401. The Balaban J connectivity index is 4.38. The fourth-order valence-corrected chi connectivity index (χ4v) is 1.18. The fraction of sp³-hybridized carbons (Fsp3) is 0.750. The van der Waals surface area contributed by atoms with Crippen molar-refractivity contribution < 1.29 is 0 Å². The summed E-state index contributed by atoms with van der Waals surface area (Å²) in [6.07, 6.45) is 0. The molecule has 2 nitrogen and oxygen atoms in total. The minimum Gasteiger partial charge on any atom is -0.273 e. The molecule has 0 saturated carbocycles. The highest BCUT2D eigenvalue weighted by Crippen LogP contribution is 2.01. The van der Waals surface area contributed by atoms with Gasteiger partial charge in [-0.15, -0.1) is 25.3 Å². The zero-order chi connectivity index (χ0) is 9.72. The van der Waals surface area contributed by atoms with Crippen LogP contribution in [0.4, 0.5) is 0 Å². The van der Waals surface area contributed by atoms with Crippen molar-refractivity contribution in [3.05, 3.63) is 0 Å². The molecule has 0 aliphatic heterocycles. The number of hydrogen-bond donors (Lipinski definition) is 2. The Morgan fingerprint density at radius 3 is 1.25 bits per heavy atom. The van der Waals surface area contributed by atoms with Gasteiger partial charge in [-0.25, -0.2) is 0 Å². The maximum atomic E-state index is 4.20. The molecule has 0 aliphatic carbocycles. The average molecular weight is 204 g/mol. The van der Waals surface area contributed by atoms with E-state index in [0.717, 1.165) is 0 Å².